The first-order chi connectivity index (χ1) is 9.72. The Bertz CT molecular complexity index is 563. The molecule has 2 aromatic rings. The van der Waals surface area contributed by atoms with Gasteiger partial charge in [-0.1, -0.05) is 23.2 Å². The van der Waals surface area contributed by atoms with Crippen LogP contribution in [0.4, 0.5) is 5.69 Å². The van der Waals surface area contributed by atoms with E-state index in [0.29, 0.717) is 10.0 Å². The Morgan fingerprint density at radius 2 is 1.80 bits per heavy atom. The van der Waals surface area contributed by atoms with Gasteiger partial charge in [0.2, 0.25) is 0 Å². The highest BCUT2D eigenvalue weighted by Gasteiger charge is 2.18. The van der Waals surface area contributed by atoms with Crippen molar-refractivity contribution in [1.82, 2.24) is 4.90 Å². The molecule has 0 saturated carbocycles. The van der Waals surface area contributed by atoms with Gasteiger partial charge in [-0.2, -0.15) is 0 Å². The van der Waals surface area contributed by atoms with Crippen LogP contribution in [0.25, 0.3) is 0 Å². The zero-order valence-electron chi connectivity index (χ0n) is 11.1. The number of hydrogen-bond acceptors (Lipinski definition) is 3. The summed E-state index contributed by atoms with van der Waals surface area (Å²) in [5.74, 6) is 0. The summed E-state index contributed by atoms with van der Waals surface area (Å²) in [6.45, 7) is 5.01. The summed E-state index contributed by atoms with van der Waals surface area (Å²) in [7, 11) is 0. The van der Waals surface area contributed by atoms with E-state index in [0.717, 1.165) is 38.4 Å². The monoisotopic (exact) mass is 310 g/mol. The molecule has 0 aliphatic carbocycles. The van der Waals surface area contributed by atoms with Crippen LogP contribution < -0.4 is 4.90 Å². The van der Waals surface area contributed by atoms with Crippen molar-refractivity contribution < 1.29 is 4.42 Å². The molecule has 3 nitrogen and oxygen atoms in total. The third-order valence-electron chi connectivity index (χ3n) is 3.63. The Morgan fingerprint density at radius 1 is 1.00 bits per heavy atom. The molecule has 0 bridgehead atoms. The van der Waals surface area contributed by atoms with E-state index in [2.05, 4.69) is 9.80 Å². The molecule has 5 heteroatoms. The van der Waals surface area contributed by atoms with Crippen LogP contribution in [0.15, 0.2) is 41.2 Å². The van der Waals surface area contributed by atoms with Crippen LogP contribution in [0.1, 0.15) is 5.56 Å². The van der Waals surface area contributed by atoms with Gasteiger partial charge >= 0.3 is 0 Å². The summed E-state index contributed by atoms with van der Waals surface area (Å²) in [6, 6.07) is 7.85. The Morgan fingerprint density at radius 3 is 2.45 bits per heavy atom. The summed E-state index contributed by atoms with van der Waals surface area (Å²) < 4.78 is 5.11. The summed E-state index contributed by atoms with van der Waals surface area (Å²) in [5.41, 5.74) is 2.37. The molecule has 0 amide bonds. The Labute approximate surface area is 128 Å². The predicted molar refractivity (Wildman–Crippen MR) is 82.7 cm³/mol. The molecule has 1 saturated heterocycles. The number of anilines is 1. The molecule has 0 spiro atoms. The van der Waals surface area contributed by atoms with Gasteiger partial charge < -0.3 is 9.32 Å². The molecule has 0 N–H and O–H groups in total. The lowest BCUT2D eigenvalue weighted by molar-refractivity contribution is 0.249. The molecular weight excluding hydrogens is 295 g/mol. The van der Waals surface area contributed by atoms with Crippen LogP contribution in [0.5, 0.6) is 0 Å². The zero-order chi connectivity index (χ0) is 13.9. The van der Waals surface area contributed by atoms with Crippen molar-refractivity contribution in [2.75, 3.05) is 31.1 Å². The van der Waals surface area contributed by atoms with Crippen molar-refractivity contribution in [3.05, 3.63) is 52.4 Å². The Balaban J connectivity index is 1.59. The van der Waals surface area contributed by atoms with Crippen LogP contribution in [0.3, 0.4) is 0 Å². The third kappa shape index (κ3) is 3.11. The maximum absolute atomic E-state index is 6.08. The van der Waals surface area contributed by atoms with E-state index < -0.39 is 0 Å². The van der Waals surface area contributed by atoms with Crippen molar-refractivity contribution >= 4 is 28.9 Å². The van der Waals surface area contributed by atoms with Crippen molar-refractivity contribution in [3.8, 4) is 0 Å². The highest BCUT2D eigenvalue weighted by molar-refractivity contribution is 6.42. The minimum atomic E-state index is 0.606. The molecule has 106 valence electrons. The van der Waals surface area contributed by atoms with Gasteiger partial charge in [-0.15, -0.1) is 0 Å². The van der Waals surface area contributed by atoms with Crippen LogP contribution in [0.2, 0.25) is 10.0 Å². The highest BCUT2D eigenvalue weighted by Crippen LogP contribution is 2.27. The molecule has 3 rings (SSSR count). The minimum absolute atomic E-state index is 0.606. The molecule has 0 radical (unpaired) electrons. The lowest BCUT2D eigenvalue weighted by Gasteiger charge is -2.36. The van der Waals surface area contributed by atoms with Gasteiger partial charge in [0.15, 0.2) is 0 Å². The van der Waals surface area contributed by atoms with E-state index in [1.165, 1.54) is 5.56 Å². The average Bonchev–Trinajstić information content (AvgIpc) is 2.96. The fourth-order valence-electron chi connectivity index (χ4n) is 2.49. The predicted octanol–water partition coefficient (Wildman–Crippen LogP) is 3.91. The largest absolute Gasteiger partial charge is 0.472 e. The first kappa shape index (κ1) is 13.8. The number of furan rings is 1. The van der Waals surface area contributed by atoms with E-state index in [9.17, 15) is 0 Å². The van der Waals surface area contributed by atoms with Gasteiger partial charge in [0.25, 0.3) is 0 Å². The highest BCUT2D eigenvalue weighted by atomic mass is 35.5. The Kier molecular flexibility index (Phi) is 4.20. The fraction of sp³-hybridized carbons (Fsp3) is 0.333. The van der Waals surface area contributed by atoms with Crippen molar-refractivity contribution in [3.63, 3.8) is 0 Å². The number of hydrogen-bond donors (Lipinski definition) is 0. The van der Waals surface area contributed by atoms with Crippen LogP contribution >= 0.6 is 23.2 Å². The van der Waals surface area contributed by atoms with Crippen molar-refractivity contribution in [1.29, 1.82) is 0 Å². The smallest absolute Gasteiger partial charge is 0.0947 e. The fourth-order valence-corrected chi connectivity index (χ4v) is 2.78. The SMILES string of the molecule is Clc1ccc(N2CCN(Cc3ccoc3)CC2)cc1Cl. The van der Waals surface area contributed by atoms with Crippen molar-refractivity contribution in [2.45, 2.75) is 6.54 Å². The summed E-state index contributed by atoms with van der Waals surface area (Å²) in [6.07, 6.45) is 3.53. The maximum Gasteiger partial charge on any atom is 0.0947 e. The number of rotatable bonds is 3. The second-order valence-electron chi connectivity index (χ2n) is 4.99. The topological polar surface area (TPSA) is 19.6 Å². The number of halogens is 2. The van der Waals surface area contributed by atoms with E-state index in [-0.39, 0.29) is 0 Å². The normalized spacial score (nSPS) is 16.6. The summed E-state index contributed by atoms with van der Waals surface area (Å²) in [5, 5.41) is 1.22. The first-order valence-electron chi connectivity index (χ1n) is 6.66. The molecule has 1 aromatic heterocycles. The lowest BCUT2D eigenvalue weighted by atomic mass is 10.2. The molecular formula is C15H16Cl2N2O. The number of benzene rings is 1. The van der Waals surface area contributed by atoms with Gasteiger partial charge in [0, 0.05) is 44.0 Å². The third-order valence-corrected chi connectivity index (χ3v) is 4.37. The second kappa shape index (κ2) is 6.08. The second-order valence-corrected chi connectivity index (χ2v) is 5.81. The van der Waals surface area contributed by atoms with Gasteiger partial charge in [-0.05, 0) is 24.3 Å². The van der Waals surface area contributed by atoms with Gasteiger partial charge in [-0.3, -0.25) is 4.90 Å². The molecule has 1 aromatic carbocycles. The van der Waals surface area contributed by atoms with Gasteiger partial charge in [0.1, 0.15) is 0 Å². The maximum atomic E-state index is 6.08. The quantitative estimate of drug-likeness (QED) is 0.857. The van der Waals surface area contributed by atoms with E-state index >= 15 is 0 Å². The minimum Gasteiger partial charge on any atom is -0.472 e. The molecule has 0 atom stereocenters. The van der Waals surface area contributed by atoms with E-state index in [4.69, 9.17) is 27.6 Å². The van der Waals surface area contributed by atoms with Crippen LogP contribution in [0, 0.1) is 0 Å². The standard InChI is InChI=1S/C15H16Cl2N2O/c16-14-2-1-13(9-15(14)17)19-6-4-18(5-7-19)10-12-3-8-20-11-12/h1-3,8-9,11H,4-7,10H2. The number of piperazine rings is 1. The van der Waals surface area contributed by atoms with Crippen molar-refractivity contribution in [2.24, 2.45) is 0 Å². The first-order valence-corrected chi connectivity index (χ1v) is 7.41. The van der Waals surface area contributed by atoms with Gasteiger partial charge in [-0.25, -0.2) is 0 Å². The lowest BCUT2D eigenvalue weighted by Crippen LogP contribution is -2.45. The molecule has 1 fully saturated rings. The zero-order valence-corrected chi connectivity index (χ0v) is 12.6. The molecule has 2 heterocycles. The molecule has 1 aliphatic rings. The number of nitrogens with zero attached hydrogens (tertiary/aromatic N) is 2. The summed E-state index contributed by atoms with van der Waals surface area (Å²) in [4.78, 5) is 4.77. The van der Waals surface area contributed by atoms with E-state index in [1.807, 2.05) is 30.5 Å². The Hall–Kier alpha value is -1.16. The summed E-state index contributed by atoms with van der Waals surface area (Å²) >= 11 is 12.0. The van der Waals surface area contributed by atoms with Gasteiger partial charge in [0.05, 0.1) is 22.6 Å². The molecule has 20 heavy (non-hydrogen) atoms. The van der Waals surface area contributed by atoms with E-state index in [1.54, 1.807) is 6.26 Å². The van der Waals surface area contributed by atoms with Crippen LogP contribution in [-0.2, 0) is 6.54 Å². The average molecular weight is 311 g/mol. The molecule has 0 unspecified atom stereocenters. The van der Waals surface area contributed by atoms with Crippen LogP contribution in [-0.4, -0.2) is 31.1 Å². The molecule has 1 aliphatic heterocycles.